The van der Waals surface area contributed by atoms with E-state index >= 15 is 0 Å². The van der Waals surface area contributed by atoms with Crippen LogP contribution in [0, 0.1) is 6.92 Å². The van der Waals surface area contributed by atoms with Gasteiger partial charge >= 0.3 is 0 Å². The summed E-state index contributed by atoms with van der Waals surface area (Å²) >= 11 is 0. The summed E-state index contributed by atoms with van der Waals surface area (Å²) in [5.41, 5.74) is 7.20. The van der Waals surface area contributed by atoms with E-state index in [-0.39, 0.29) is 11.7 Å². The van der Waals surface area contributed by atoms with Gasteiger partial charge in [0.1, 0.15) is 11.5 Å². The molecule has 194 valence electrons. The fourth-order valence-electron chi connectivity index (χ4n) is 4.95. The first-order valence-electron chi connectivity index (χ1n) is 12.9. The Balaban J connectivity index is 1.14. The normalized spacial score (nSPS) is 13.8. The summed E-state index contributed by atoms with van der Waals surface area (Å²) in [5.74, 6) is 0.914. The van der Waals surface area contributed by atoms with Crippen LogP contribution in [0.4, 0.5) is 11.4 Å². The van der Waals surface area contributed by atoms with Gasteiger partial charge in [-0.3, -0.25) is 9.69 Å². The Hall–Kier alpha value is -4.29. The summed E-state index contributed by atoms with van der Waals surface area (Å²) < 4.78 is 5.17. The van der Waals surface area contributed by atoms with Crippen LogP contribution in [0.5, 0.6) is 11.5 Å². The quantitative estimate of drug-likeness (QED) is 0.324. The van der Waals surface area contributed by atoms with Crippen molar-refractivity contribution in [3.05, 3.63) is 108 Å². The smallest absolute Gasteiger partial charge is 0.255 e. The first-order valence-corrected chi connectivity index (χ1v) is 12.9. The third kappa shape index (κ3) is 5.98. The third-order valence-corrected chi connectivity index (χ3v) is 7.07. The topological polar surface area (TPSA) is 65.0 Å². The molecule has 2 N–H and O–H groups in total. The minimum absolute atomic E-state index is 0.128. The Kier molecular flexibility index (Phi) is 7.61. The number of aryl methyl sites for hydroxylation is 1. The number of carbonyl (C=O) groups is 1. The van der Waals surface area contributed by atoms with E-state index in [1.165, 1.54) is 11.1 Å². The van der Waals surface area contributed by atoms with E-state index in [4.69, 9.17) is 4.74 Å². The highest BCUT2D eigenvalue weighted by Gasteiger charge is 2.18. The lowest BCUT2D eigenvalue weighted by Gasteiger charge is -2.36. The molecular formula is C32H33N3O3. The molecule has 1 fully saturated rings. The predicted molar refractivity (Wildman–Crippen MR) is 153 cm³/mol. The third-order valence-electron chi connectivity index (χ3n) is 7.07. The van der Waals surface area contributed by atoms with Gasteiger partial charge in [-0.2, -0.15) is 0 Å². The van der Waals surface area contributed by atoms with Gasteiger partial charge in [-0.25, -0.2) is 0 Å². The van der Waals surface area contributed by atoms with Crippen molar-refractivity contribution < 1.29 is 14.6 Å². The maximum atomic E-state index is 12.6. The van der Waals surface area contributed by atoms with Crippen molar-refractivity contribution in [2.24, 2.45) is 0 Å². The molecule has 1 amide bonds. The standard InChI is InChI=1S/C32H33N3O3/c1-23-20-24(6-15-31(23)26-4-3-5-29(36)21-26)22-34-16-18-35(19-17-34)28-11-7-25(8-12-28)32(37)33-27-9-13-30(38-2)14-10-27/h3-15,20-21,36H,16-19,22H2,1-2H3,(H,33,37). The molecule has 0 atom stereocenters. The fourth-order valence-corrected chi connectivity index (χ4v) is 4.95. The molecule has 0 aliphatic carbocycles. The van der Waals surface area contributed by atoms with Crippen LogP contribution < -0.4 is 15.0 Å². The van der Waals surface area contributed by atoms with Gasteiger partial charge in [0.2, 0.25) is 0 Å². The van der Waals surface area contributed by atoms with Crippen molar-refractivity contribution in [3.8, 4) is 22.6 Å². The van der Waals surface area contributed by atoms with Gasteiger partial charge in [-0.1, -0.05) is 30.3 Å². The number of hydrogen-bond donors (Lipinski definition) is 2. The monoisotopic (exact) mass is 507 g/mol. The number of carbonyl (C=O) groups excluding carboxylic acids is 1. The fraction of sp³-hybridized carbons (Fsp3) is 0.219. The summed E-state index contributed by atoms with van der Waals surface area (Å²) in [4.78, 5) is 17.5. The lowest BCUT2D eigenvalue weighted by atomic mass is 9.98. The second kappa shape index (κ2) is 11.4. The molecule has 0 bridgehead atoms. The number of anilines is 2. The van der Waals surface area contributed by atoms with Crippen LogP contribution in [0.25, 0.3) is 11.1 Å². The number of nitrogens with zero attached hydrogens (tertiary/aromatic N) is 2. The molecule has 6 heteroatoms. The van der Waals surface area contributed by atoms with Crippen molar-refractivity contribution in [2.75, 3.05) is 43.5 Å². The van der Waals surface area contributed by atoms with Gasteiger partial charge in [0.25, 0.3) is 5.91 Å². The van der Waals surface area contributed by atoms with Crippen molar-refractivity contribution >= 4 is 17.3 Å². The highest BCUT2D eigenvalue weighted by atomic mass is 16.5. The molecule has 0 aromatic heterocycles. The number of benzene rings is 4. The highest BCUT2D eigenvalue weighted by molar-refractivity contribution is 6.04. The number of rotatable bonds is 7. The molecule has 6 nitrogen and oxygen atoms in total. The van der Waals surface area contributed by atoms with Crippen LogP contribution in [-0.2, 0) is 6.54 Å². The predicted octanol–water partition coefficient (Wildman–Crippen LogP) is 5.95. The van der Waals surface area contributed by atoms with E-state index in [1.807, 2.05) is 60.7 Å². The van der Waals surface area contributed by atoms with E-state index in [0.717, 1.165) is 61.0 Å². The number of phenolic OH excluding ortho intramolecular Hbond substituents is 1. The molecule has 0 radical (unpaired) electrons. The second-order valence-electron chi connectivity index (χ2n) is 9.69. The molecule has 1 aliphatic heterocycles. The maximum absolute atomic E-state index is 12.6. The molecule has 4 aromatic rings. The van der Waals surface area contributed by atoms with Crippen LogP contribution in [-0.4, -0.2) is 49.2 Å². The Labute approximate surface area is 224 Å². The van der Waals surface area contributed by atoms with Gasteiger partial charge in [-0.05, 0) is 89.8 Å². The van der Waals surface area contributed by atoms with E-state index in [1.54, 1.807) is 19.2 Å². The van der Waals surface area contributed by atoms with Crippen LogP contribution in [0.3, 0.4) is 0 Å². The first-order chi connectivity index (χ1) is 18.5. The molecule has 38 heavy (non-hydrogen) atoms. The molecule has 1 aliphatic rings. The van der Waals surface area contributed by atoms with Crippen LogP contribution in [0.1, 0.15) is 21.5 Å². The Morgan fingerprint density at radius 1 is 0.895 bits per heavy atom. The molecule has 5 rings (SSSR count). The minimum atomic E-state index is -0.128. The largest absolute Gasteiger partial charge is 0.508 e. The zero-order valence-electron chi connectivity index (χ0n) is 21.9. The molecule has 0 unspecified atom stereocenters. The zero-order chi connectivity index (χ0) is 26.5. The lowest BCUT2D eigenvalue weighted by molar-refractivity contribution is 0.102. The van der Waals surface area contributed by atoms with Gasteiger partial charge in [0.05, 0.1) is 7.11 Å². The van der Waals surface area contributed by atoms with Crippen LogP contribution in [0.2, 0.25) is 0 Å². The summed E-state index contributed by atoms with van der Waals surface area (Å²) in [6, 6.07) is 29.1. The number of amides is 1. The van der Waals surface area contributed by atoms with Gasteiger partial charge in [-0.15, -0.1) is 0 Å². The van der Waals surface area contributed by atoms with Gasteiger partial charge in [0, 0.05) is 49.7 Å². The Bertz CT molecular complexity index is 1390. The number of methoxy groups -OCH3 is 1. The van der Waals surface area contributed by atoms with Crippen LogP contribution >= 0.6 is 0 Å². The first kappa shape index (κ1) is 25.4. The average molecular weight is 508 g/mol. The van der Waals surface area contributed by atoms with E-state index in [2.05, 4.69) is 40.2 Å². The summed E-state index contributed by atoms with van der Waals surface area (Å²) in [6.45, 7) is 6.89. The molecule has 1 saturated heterocycles. The summed E-state index contributed by atoms with van der Waals surface area (Å²) in [6.07, 6.45) is 0. The summed E-state index contributed by atoms with van der Waals surface area (Å²) in [7, 11) is 1.62. The zero-order valence-corrected chi connectivity index (χ0v) is 21.9. The second-order valence-corrected chi connectivity index (χ2v) is 9.69. The number of phenols is 1. The van der Waals surface area contributed by atoms with E-state index in [0.29, 0.717) is 5.56 Å². The number of piperazine rings is 1. The molecule has 1 heterocycles. The van der Waals surface area contributed by atoms with Crippen molar-refractivity contribution in [2.45, 2.75) is 13.5 Å². The van der Waals surface area contributed by atoms with Gasteiger partial charge in [0.15, 0.2) is 0 Å². The average Bonchev–Trinajstić information content (AvgIpc) is 2.94. The van der Waals surface area contributed by atoms with Crippen molar-refractivity contribution in [3.63, 3.8) is 0 Å². The Morgan fingerprint density at radius 3 is 2.29 bits per heavy atom. The van der Waals surface area contributed by atoms with Crippen LogP contribution in [0.15, 0.2) is 91.0 Å². The molecule has 4 aromatic carbocycles. The number of aromatic hydroxyl groups is 1. The van der Waals surface area contributed by atoms with Gasteiger partial charge < -0.3 is 20.1 Å². The molecule has 0 saturated carbocycles. The highest BCUT2D eigenvalue weighted by Crippen LogP contribution is 2.28. The lowest BCUT2D eigenvalue weighted by Crippen LogP contribution is -2.46. The van der Waals surface area contributed by atoms with Crippen molar-refractivity contribution in [1.82, 2.24) is 4.90 Å². The Morgan fingerprint density at radius 2 is 1.63 bits per heavy atom. The molecule has 0 spiro atoms. The number of ether oxygens (including phenoxy) is 1. The minimum Gasteiger partial charge on any atom is -0.508 e. The van der Waals surface area contributed by atoms with E-state index < -0.39 is 0 Å². The summed E-state index contributed by atoms with van der Waals surface area (Å²) in [5, 5.41) is 12.7. The SMILES string of the molecule is COc1ccc(NC(=O)c2ccc(N3CCN(Cc4ccc(-c5cccc(O)c5)c(C)c4)CC3)cc2)cc1. The maximum Gasteiger partial charge on any atom is 0.255 e. The number of hydrogen-bond acceptors (Lipinski definition) is 5. The number of nitrogens with one attached hydrogen (secondary N) is 1. The van der Waals surface area contributed by atoms with Crippen molar-refractivity contribution in [1.29, 1.82) is 0 Å². The molecular weight excluding hydrogens is 474 g/mol. The van der Waals surface area contributed by atoms with E-state index in [9.17, 15) is 9.90 Å².